The fraction of sp³-hybridized carbons (Fsp3) is 0.323. The van der Waals surface area contributed by atoms with Crippen LogP contribution in [-0.2, 0) is 30.4 Å². The molecule has 1 aromatic heterocycles. The predicted octanol–water partition coefficient (Wildman–Crippen LogP) is 6.26. The van der Waals surface area contributed by atoms with Gasteiger partial charge < -0.3 is 24.6 Å². The summed E-state index contributed by atoms with van der Waals surface area (Å²) in [5.74, 6) is -0.172. The average Bonchev–Trinajstić information content (AvgIpc) is 3.40. The van der Waals surface area contributed by atoms with Gasteiger partial charge >= 0.3 is 5.97 Å². The SMILES string of the molecule is CC(=O)O[C@@H](C)C(=O)Nc1ccc([C@H]2O[C@@H](CSc3nc4ccccc4s3)[C@@H](C)[C@@H](c3ccc(CO)cc3)O2)cc1. The van der Waals surface area contributed by atoms with Crippen LogP contribution < -0.4 is 5.32 Å². The molecule has 0 unspecified atom stereocenters. The molecule has 1 saturated heterocycles. The maximum atomic E-state index is 12.3. The minimum atomic E-state index is -0.898. The second-order valence-electron chi connectivity index (χ2n) is 9.94. The highest BCUT2D eigenvalue weighted by Gasteiger charge is 2.38. The number of rotatable bonds is 9. The lowest BCUT2D eigenvalue weighted by molar-refractivity contribution is -0.268. The van der Waals surface area contributed by atoms with Crippen molar-refractivity contribution in [2.45, 2.75) is 56.3 Å². The predicted molar refractivity (Wildman–Crippen MR) is 160 cm³/mol. The molecule has 2 N–H and O–H groups in total. The molecule has 41 heavy (non-hydrogen) atoms. The Morgan fingerprint density at radius 3 is 2.44 bits per heavy atom. The van der Waals surface area contributed by atoms with Crippen LogP contribution in [0.25, 0.3) is 10.2 Å². The number of benzene rings is 3. The number of aromatic nitrogens is 1. The third-order valence-corrected chi connectivity index (χ3v) is 9.20. The Labute approximate surface area is 247 Å². The van der Waals surface area contributed by atoms with Crippen LogP contribution in [0.3, 0.4) is 0 Å². The number of esters is 1. The standard InChI is InChI=1S/C31H32N2O6S2/c1-18-26(17-40-31-33-25-6-4-5-7-27(25)41-31)38-30(39-28(18)22-10-8-21(16-34)9-11-22)23-12-14-24(15-13-23)32-29(36)19(2)37-20(3)35/h4-15,18-19,26,28,30,34H,16-17H2,1-3H3,(H,32,36)/t18-,19+,26+,28+,30+/m1/s1. The van der Waals surface area contributed by atoms with Crippen LogP contribution in [0.15, 0.2) is 77.1 Å². The molecule has 0 aliphatic carbocycles. The molecule has 0 radical (unpaired) electrons. The summed E-state index contributed by atoms with van der Waals surface area (Å²) in [5, 5.41) is 12.3. The third kappa shape index (κ3) is 7.14. The minimum Gasteiger partial charge on any atom is -0.453 e. The summed E-state index contributed by atoms with van der Waals surface area (Å²) in [7, 11) is 0. The van der Waals surface area contributed by atoms with Crippen LogP contribution in [-0.4, -0.2) is 39.9 Å². The Hall–Kier alpha value is -3.28. The number of nitrogens with zero attached hydrogens (tertiary/aromatic N) is 1. The van der Waals surface area contributed by atoms with E-state index in [2.05, 4.69) is 18.3 Å². The first-order chi connectivity index (χ1) is 19.8. The molecule has 5 atom stereocenters. The van der Waals surface area contributed by atoms with E-state index in [9.17, 15) is 14.7 Å². The maximum absolute atomic E-state index is 12.3. The highest BCUT2D eigenvalue weighted by atomic mass is 32.2. The first kappa shape index (κ1) is 29.2. The number of para-hydroxylation sites is 1. The lowest BCUT2D eigenvalue weighted by atomic mass is 9.91. The molecule has 1 aliphatic rings. The van der Waals surface area contributed by atoms with Crippen molar-refractivity contribution in [3.8, 4) is 0 Å². The number of nitrogens with one attached hydrogen (secondary N) is 1. The van der Waals surface area contributed by atoms with Gasteiger partial charge in [-0.15, -0.1) is 11.3 Å². The largest absolute Gasteiger partial charge is 0.453 e. The van der Waals surface area contributed by atoms with Gasteiger partial charge in [-0.05, 0) is 42.3 Å². The number of hydrogen-bond donors (Lipinski definition) is 2. The number of anilines is 1. The Morgan fingerprint density at radius 1 is 1.05 bits per heavy atom. The zero-order valence-corrected chi connectivity index (χ0v) is 24.6. The van der Waals surface area contributed by atoms with Crippen molar-refractivity contribution in [2.24, 2.45) is 5.92 Å². The van der Waals surface area contributed by atoms with Crippen molar-refractivity contribution in [1.29, 1.82) is 0 Å². The molecule has 0 spiro atoms. The molecule has 3 aromatic carbocycles. The van der Waals surface area contributed by atoms with Crippen LogP contribution in [0, 0.1) is 5.92 Å². The van der Waals surface area contributed by atoms with Crippen molar-refractivity contribution in [3.05, 3.63) is 89.5 Å². The smallest absolute Gasteiger partial charge is 0.303 e. The zero-order valence-electron chi connectivity index (χ0n) is 23.0. The summed E-state index contributed by atoms with van der Waals surface area (Å²) in [6.07, 6.45) is -1.88. The van der Waals surface area contributed by atoms with Gasteiger partial charge in [-0.25, -0.2) is 4.98 Å². The minimum absolute atomic E-state index is 0.0168. The molecule has 214 valence electrons. The van der Waals surface area contributed by atoms with Gasteiger partial charge in [0, 0.05) is 29.8 Å². The van der Waals surface area contributed by atoms with Gasteiger partial charge in [-0.1, -0.05) is 67.2 Å². The third-order valence-electron chi connectivity index (χ3n) is 6.93. The van der Waals surface area contributed by atoms with E-state index in [1.807, 2.05) is 54.6 Å². The number of aliphatic hydroxyl groups is 1. The lowest BCUT2D eigenvalue weighted by Gasteiger charge is -2.41. The van der Waals surface area contributed by atoms with Crippen molar-refractivity contribution >= 4 is 50.9 Å². The Morgan fingerprint density at radius 2 is 1.76 bits per heavy atom. The highest BCUT2D eigenvalue weighted by molar-refractivity contribution is 8.01. The number of thioether (sulfide) groups is 1. The van der Waals surface area contributed by atoms with Gasteiger partial charge in [0.1, 0.15) is 0 Å². The number of amides is 1. The summed E-state index contributed by atoms with van der Waals surface area (Å²) in [6.45, 7) is 4.91. The molecule has 1 amide bonds. The first-order valence-corrected chi connectivity index (χ1v) is 15.2. The lowest BCUT2D eigenvalue weighted by Crippen LogP contribution is -2.38. The van der Waals surface area contributed by atoms with E-state index in [0.717, 1.165) is 31.2 Å². The molecule has 0 bridgehead atoms. The monoisotopic (exact) mass is 592 g/mol. The fourth-order valence-corrected chi connectivity index (χ4v) is 6.90. The van der Waals surface area contributed by atoms with Crippen molar-refractivity contribution in [2.75, 3.05) is 11.1 Å². The van der Waals surface area contributed by atoms with Gasteiger partial charge in [0.25, 0.3) is 5.91 Å². The van der Waals surface area contributed by atoms with E-state index in [4.69, 9.17) is 19.2 Å². The van der Waals surface area contributed by atoms with Crippen molar-refractivity contribution < 1.29 is 28.9 Å². The van der Waals surface area contributed by atoms with Crippen LogP contribution in [0.2, 0.25) is 0 Å². The summed E-state index contributed by atoms with van der Waals surface area (Å²) in [4.78, 5) is 28.3. The van der Waals surface area contributed by atoms with E-state index >= 15 is 0 Å². The van der Waals surface area contributed by atoms with Gasteiger partial charge in [0.05, 0.1) is 29.0 Å². The molecule has 0 saturated carbocycles. The molecule has 1 aliphatic heterocycles. The molecule has 1 fully saturated rings. The summed E-state index contributed by atoms with van der Waals surface area (Å²) in [6, 6.07) is 23.2. The number of fused-ring (bicyclic) bond motifs is 1. The molecule has 4 aromatic rings. The van der Waals surface area contributed by atoms with E-state index in [0.29, 0.717) is 11.4 Å². The Kier molecular flexibility index (Phi) is 9.36. The highest BCUT2D eigenvalue weighted by Crippen LogP contribution is 2.43. The second kappa shape index (κ2) is 13.1. The number of hydrogen-bond acceptors (Lipinski definition) is 9. The number of aliphatic hydroxyl groups excluding tert-OH is 1. The Balaban J connectivity index is 1.33. The maximum Gasteiger partial charge on any atom is 0.303 e. The van der Waals surface area contributed by atoms with Crippen LogP contribution in [0.5, 0.6) is 0 Å². The number of thiazole rings is 1. The van der Waals surface area contributed by atoms with Gasteiger partial charge in [0.2, 0.25) is 0 Å². The molecular weight excluding hydrogens is 560 g/mol. The molecule has 2 heterocycles. The summed E-state index contributed by atoms with van der Waals surface area (Å²) in [5.41, 5.74) is 4.24. The zero-order chi connectivity index (χ0) is 28.9. The second-order valence-corrected chi connectivity index (χ2v) is 12.2. The quantitative estimate of drug-likeness (QED) is 0.173. The van der Waals surface area contributed by atoms with Crippen LogP contribution >= 0.6 is 23.1 Å². The van der Waals surface area contributed by atoms with Gasteiger partial charge in [-0.2, -0.15) is 0 Å². The molecule has 10 heteroatoms. The van der Waals surface area contributed by atoms with Crippen LogP contribution in [0.4, 0.5) is 5.69 Å². The van der Waals surface area contributed by atoms with E-state index in [-0.39, 0.29) is 24.7 Å². The topological polar surface area (TPSA) is 107 Å². The van der Waals surface area contributed by atoms with Gasteiger partial charge in [-0.3, -0.25) is 9.59 Å². The van der Waals surface area contributed by atoms with E-state index < -0.39 is 24.3 Å². The van der Waals surface area contributed by atoms with E-state index in [1.165, 1.54) is 13.8 Å². The molecular formula is C31H32N2O6S2. The Bertz CT molecular complexity index is 1460. The number of carbonyl (C=O) groups is 2. The first-order valence-electron chi connectivity index (χ1n) is 13.4. The average molecular weight is 593 g/mol. The number of ether oxygens (including phenoxy) is 3. The summed E-state index contributed by atoms with van der Waals surface area (Å²) >= 11 is 3.36. The molecule has 8 nitrogen and oxygen atoms in total. The fourth-order valence-electron chi connectivity index (χ4n) is 4.65. The van der Waals surface area contributed by atoms with Crippen molar-refractivity contribution in [1.82, 2.24) is 4.98 Å². The normalized spacial score (nSPS) is 21.4. The van der Waals surface area contributed by atoms with Gasteiger partial charge in [0.15, 0.2) is 16.7 Å². The van der Waals surface area contributed by atoms with Crippen LogP contribution in [0.1, 0.15) is 49.9 Å². The molecule has 5 rings (SSSR count). The number of carbonyl (C=O) groups excluding carboxylic acids is 2. The van der Waals surface area contributed by atoms with Crippen molar-refractivity contribution in [3.63, 3.8) is 0 Å². The summed E-state index contributed by atoms with van der Waals surface area (Å²) < 4.78 is 20.2. The van der Waals surface area contributed by atoms with E-state index in [1.54, 1.807) is 35.2 Å².